The van der Waals surface area contributed by atoms with Crippen molar-refractivity contribution in [2.45, 2.75) is 25.4 Å². The van der Waals surface area contributed by atoms with Crippen LogP contribution in [0, 0.1) is 5.82 Å². The summed E-state index contributed by atoms with van der Waals surface area (Å²) in [6.45, 7) is 1.37. The Morgan fingerprint density at radius 1 is 1.50 bits per heavy atom. The highest BCUT2D eigenvalue weighted by atomic mass is 35.5. The van der Waals surface area contributed by atoms with E-state index in [4.69, 9.17) is 11.6 Å². The Morgan fingerprint density at radius 2 is 2.25 bits per heavy atom. The lowest BCUT2D eigenvalue weighted by Crippen LogP contribution is -2.47. The zero-order valence-corrected chi connectivity index (χ0v) is 12.8. The van der Waals surface area contributed by atoms with Crippen molar-refractivity contribution in [3.63, 3.8) is 0 Å². The molecule has 1 aromatic rings. The maximum atomic E-state index is 13.6. The van der Waals surface area contributed by atoms with E-state index in [1.54, 1.807) is 12.1 Å². The van der Waals surface area contributed by atoms with Crippen LogP contribution in [-0.2, 0) is 16.6 Å². The maximum Gasteiger partial charge on any atom is 0.211 e. The van der Waals surface area contributed by atoms with Crippen molar-refractivity contribution < 1.29 is 12.8 Å². The van der Waals surface area contributed by atoms with Gasteiger partial charge < -0.3 is 5.32 Å². The van der Waals surface area contributed by atoms with Crippen molar-refractivity contribution in [3.8, 4) is 0 Å². The fourth-order valence-electron chi connectivity index (χ4n) is 2.33. The molecule has 1 aromatic carbocycles. The molecule has 0 aliphatic carbocycles. The molecule has 2 rings (SSSR count). The summed E-state index contributed by atoms with van der Waals surface area (Å²) in [5.41, 5.74) is 0.533. The van der Waals surface area contributed by atoms with Crippen LogP contribution in [0.1, 0.15) is 18.4 Å². The molecular formula is C13H18ClFN2O2S. The SMILES string of the molecule is CS(=O)(=O)N1CCCC(NCc2ccc(Cl)cc2F)C1. The standard InChI is InChI=1S/C13H18ClFN2O2S/c1-20(18,19)17-6-2-3-12(9-17)16-8-10-4-5-11(14)7-13(10)15/h4-5,7,12,16H,2-3,6,8-9H2,1H3. The molecule has 1 atom stereocenters. The predicted octanol–water partition coefficient (Wildman–Crippen LogP) is 1.99. The van der Waals surface area contributed by atoms with Gasteiger partial charge in [0.1, 0.15) is 5.82 Å². The van der Waals surface area contributed by atoms with Crippen LogP contribution in [0.3, 0.4) is 0 Å². The van der Waals surface area contributed by atoms with Crippen LogP contribution in [0.15, 0.2) is 18.2 Å². The Kier molecular flexibility index (Phi) is 5.01. The average molecular weight is 321 g/mol. The fourth-order valence-corrected chi connectivity index (χ4v) is 3.40. The molecule has 1 heterocycles. The van der Waals surface area contributed by atoms with Crippen LogP contribution < -0.4 is 5.32 Å². The lowest BCUT2D eigenvalue weighted by Gasteiger charge is -2.31. The van der Waals surface area contributed by atoms with E-state index in [9.17, 15) is 12.8 Å². The molecule has 1 unspecified atom stereocenters. The highest BCUT2D eigenvalue weighted by molar-refractivity contribution is 7.88. The number of hydrogen-bond donors (Lipinski definition) is 1. The van der Waals surface area contributed by atoms with Gasteiger partial charge in [-0.3, -0.25) is 0 Å². The number of piperidine rings is 1. The van der Waals surface area contributed by atoms with Crippen LogP contribution >= 0.6 is 11.6 Å². The number of hydrogen-bond acceptors (Lipinski definition) is 3. The Balaban J connectivity index is 1.94. The third-order valence-corrected chi connectivity index (χ3v) is 4.95. The summed E-state index contributed by atoms with van der Waals surface area (Å²) in [5, 5.41) is 3.58. The molecule has 4 nitrogen and oxygen atoms in total. The van der Waals surface area contributed by atoms with Gasteiger partial charge in [-0.2, -0.15) is 0 Å². The van der Waals surface area contributed by atoms with Gasteiger partial charge >= 0.3 is 0 Å². The molecule has 20 heavy (non-hydrogen) atoms. The second-order valence-corrected chi connectivity index (χ2v) is 7.50. The first kappa shape index (κ1) is 15.7. The van der Waals surface area contributed by atoms with Gasteiger partial charge in [-0.25, -0.2) is 17.1 Å². The third-order valence-electron chi connectivity index (χ3n) is 3.45. The Hall–Kier alpha value is -0.690. The summed E-state index contributed by atoms with van der Waals surface area (Å²) in [6, 6.07) is 4.61. The predicted molar refractivity (Wildman–Crippen MR) is 77.7 cm³/mol. The molecular weight excluding hydrogens is 303 g/mol. The van der Waals surface area contributed by atoms with Gasteiger partial charge in [-0.15, -0.1) is 0 Å². The number of nitrogens with one attached hydrogen (secondary N) is 1. The van der Waals surface area contributed by atoms with Crippen LogP contribution in [0.2, 0.25) is 5.02 Å². The second-order valence-electron chi connectivity index (χ2n) is 5.08. The normalized spacial score (nSPS) is 21.1. The van der Waals surface area contributed by atoms with Crippen LogP contribution in [0.5, 0.6) is 0 Å². The van der Waals surface area contributed by atoms with E-state index in [0.29, 0.717) is 30.2 Å². The number of sulfonamides is 1. The van der Waals surface area contributed by atoms with Crippen LogP contribution in [0.25, 0.3) is 0 Å². The number of rotatable bonds is 4. The number of nitrogens with zero attached hydrogens (tertiary/aromatic N) is 1. The summed E-state index contributed by atoms with van der Waals surface area (Å²) < 4.78 is 38.1. The van der Waals surface area contributed by atoms with Crippen molar-refractivity contribution in [1.29, 1.82) is 0 Å². The van der Waals surface area contributed by atoms with Crippen LogP contribution in [0.4, 0.5) is 4.39 Å². The highest BCUT2D eigenvalue weighted by Gasteiger charge is 2.25. The minimum absolute atomic E-state index is 0.0496. The smallest absolute Gasteiger partial charge is 0.211 e. The average Bonchev–Trinajstić information content (AvgIpc) is 2.37. The minimum Gasteiger partial charge on any atom is -0.309 e. The molecule has 1 N–H and O–H groups in total. The quantitative estimate of drug-likeness (QED) is 0.923. The Morgan fingerprint density at radius 3 is 2.90 bits per heavy atom. The van der Waals surface area contributed by atoms with Gasteiger partial charge in [-0.05, 0) is 25.0 Å². The van der Waals surface area contributed by atoms with E-state index in [2.05, 4.69) is 5.32 Å². The van der Waals surface area contributed by atoms with E-state index >= 15 is 0 Å². The third kappa shape index (κ3) is 4.15. The molecule has 1 aliphatic heterocycles. The molecule has 1 fully saturated rings. The van der Waals surface area contributed by atoms with Gasteiger partial charge in [0.25, 0.3) is 0 Å². The van der Waals surface area contributed by atoms with Crippen molar-refractivity contribution in [3.05, 3.63) is 34.6 Å². The maximum absolute atomic E-state index is 13.6. The van der Waals surface area contributed by atoms with E-state index in [0.717, 1.165) is 12.8 Å². The first-order valence-corrected chi connectivity index (χ1v) is 8.71. The fraction of sp³-hybridized carbons (Fsp3) is 0.538. The Labute approximate surface area is 124 Å². The number of halogens is 2. The summed E-state index contributed by atoms with van der Waals surface area (Å²) in [5.74, 6) is -0.347. The molecule has 0 amide bonds. The van der Waals surface area contributed by atoms with Crippen molar-refractivity contribution in [2.75, 3.05) is 19.3 Å². The summed E-state index contributed by atoms with van der Waals surface area (Å²) in [6.07, 6.45) is 2.92. The van der Waals surface area contributed by atoms with E-state index in [1.807, 2.05) is 0 Å². The van der Waals surface area contributed by atoms with E-state index in [1.165, 1.54) is 16.6 Å². The zero-order chi connectivity index (χ0) is 14.8. The molecule has 0 saturated carbocycles. The molecule has 1 saturated heterocycles. The topological polar surface area (TPSA) is 49.4 Å². The van der Waals surface area contributed by atoms with Gasteiger partial charge in [0.15, 0.2) is 0 Å². The largest absolute Gasteiger partial charge is 0.309 e. The molecule has 112 valence electrons. The van der Waals surface area contributed by atoms with Crippen LogP contribution in [-0.4, -0.2) is 38.1 Å². The lowest BCUT2D eigenvalue weighted by atomic mass is 10.1. The van der Waals surface area contributed by atoms with Gasteiger partial charge in [0.05, 0.1) is 6.26 Å². The van der Waals surface area contributed by atoms with Crippen molar-refractivity contribution in [1.82, 2.24) is 9.62 Å². The monoisotopic (exact) mass is 320 g/mol. The van der Waals surface area contributed by atoms with Gasteiger partial charge in [0.2, 0.25) is 10.0 Å². The molecule has 1 aliphatic rings. The van der Waals surface area contributed by atoms with E-state index in [-0.39, 0.29) is 11.9 Å². The summed E-state index contributed by atoms with van der Waals surface area (Å²) in [7, 11) is -3.15. The van der Waals surface area contributed by atoms with Gasteiger partial charge in [-0.1, -0.05) is 17.7 Å². The summed E-state index contributed by atoms with van der Waals surface area (Å²) in [4.78, 5) is 0. The Bertz CT molecular complexity index is 580. The molecule has 0 radical (unpaired) electrons. The molecule has 0 spiro atoms. The zero-order valence-electron chi connectivity index (χ0n) is 11.3. The number of benzene rings is 1. The van der Waals surface area contributed by atoms with Crippen molar-refractivity contribution >= 4 is 21.6 Å². The molecule has 0 bridgehead atoms. The van der Waals surface area contributed by atoms with Gasteiger partial charge in [0, 0.05) is 36.3 Å². The second kappa shape index (κ2) is 6.39. The summed E-state index contributed by atoms with van der Waals surface area (Å²) >= 11 is 5.70. The first-order chi connectivity index (χ1) is 9.36. The lowest BCUT2D eigenvalue weighted by molar-refractivity contribution is 0.283. The molecule has 7 heteroatoms. The highest BCUT2D eigenvalue weighted by Crippen LogP contribution is 2.16. The molecule has 0 aromatic heterocycles. The van der Waals surface area contributed by atoms with E-state index < -0.39 is 10.0 Å². The first-order valence-electron chi connectivity index (χ1n) is 6.48. The van der Waals surface area contributed by atoms with Crippen molar-refractivity contribution in [2.24, 2.45) is 0 Å². The minimum atomic E-state index is -3.15.